The molecule has 0 bridgehead atoms. The fourth-order valence-corrected chi connectivity index (χ4v) is 3.11. The van der Waals surface area contributed by atoms with E-state index in [-0.39, 0.29) is 24.7 Å². The van der Waals surface area contributed by atoms with Gasteiger partial charge in [-0.15, -0.1) is 0 Å². The van der Waals surface area contributed by atoms with Gasteiger partial charge in [-0.2, -0.15) is 0 Å². The van der Waals surface area contributed by atoms with E-state index >= 15 is 0 Å². The number of hydrogen-bond acceptors (Lipinski definition) is 6. The third kappa shape index (κ3) is 5.51. The lowest BCUT2D eigenvalue weighted by atomic mass is 10.1. The van der Waals surface area contributed by atoms with Crippen molar-refractivity contribution in [3.05, 3.63) is 101 Å². The Hall–Kier alpha value is -4.26. The Labute approximate surface area is 190 Å². The molecule has 4 aromatic rings. The van der Waals surface area contributed by atoms with Crippen molar-refractivity contribution in [2.45, 2.75) is 13.5 Å². The molecule has 33 heavy (non-hydrogen) atoms. The van der Waals surface area contributed by atoms with Gasteiger partial charge in [-0.05, 0) is 55.0 Å². The Kier molecular flexibility index (Phi) is 6.90. The largest absolute Gasteiger partial charge is 0.487 e. The lowest BCUT2D eigenvalue weighted by Crippen LogP contribution is -2.07. The molecule has 0 N–H and O–H groups in total. The first kappa shape index (κ1) is 22.0. The summed E-state index contributed by atoms with van der Waals surface area (Å²) in [6.07, 6.45) is 5.18. The monoisotopic (exact) mass is 444 g/mol. The summed E-state index contributed by atoms with van der Waals surface area (Å²) in [5.41, 5.74) is 3.16. The molecule has 0 atom stereocenters. The van der Waals surface area contributed by atoms with E-state index in [1.807, 2.05) is 42.5 Å². The summed E-state index contributed by atoms with van der Waals surface area (Å²) < 4.78 is 29.8. The Morgan fingerprint density at radius 2 is 1.82 bits per heavy atom. The average molecular weight is 444 g/mol. The molecular weight excluding hydrogens is 423 g/mol. The molecule has 0 fully saturated rings. The molecule has 6 nitrogen and oxygen atoms in total. The molecule has 0 aliphatic carbocycles. The van der Waals surface area contributed by atoms with Crippen LogP contribution in [0.4, 0.5) is 4.39 Å². The second kappa shape index (κ2) is 10.4. The van der Waals surface area contributed by atoms with Gasteiger partial charge in [0.1, 0.15) is 29.6 Å². The minimum Gasteiger partial charge on any atom is -0.487 e. The highest BCUT2D eigenvalue weighted by molar-refractivity contribution is 5.87. The van der Waals surface area contributed by atoms with Gasteiger partial charge in [-0.3, -0.25) is 0 Å². The number of pyridine rings is 1. The molecule has 0 saturated heterocycles. The number of halogens is 1. The number of aromatic nitrogens is 2. The maximum Gasteiger partial charge on any atom is 0.356 e. The van der Waals surface area contributed by atoms with Crippen LogP contribution in [0.15, 0.2) is 77.4 Å². The normalized spacial score (nSPS) is 11.0. The van der Waals surface area contributed by atoms with Crippen LogP contribution in [-0.4, -0.2) is 22.7 Å². The maximum atomic E-state index is 13.4. The molecule has 7 heteroatoms. The summed E-state index contributed by atoms with van der Waals surface area (Å²) in [5, 5.41) is 4.19. The van der Waals surface area contributed by atoms with Crippen LogP contribution in [0.2, 0.25) is 0 Å². The highest BCUT2D eigenvalue weighted by Gasteiger charge is 2.17. The van der Waals surface area contributed by atoms with Crippen LogP contribution in [0.25, 0.3) is 23.4 Å². The van der Waals surface area contributed by atoms with Crippen LogP contribution in [0.5, 0.6) is 5.75 Å². The molecule has 0 amide bonds. The zero-order chi connectivity index (χ0) is 23.0. The highest BCUT2D eigenvalue weighted by Crippen LogP contribution is 2.28. The Morgan fingerprint density at radius 3 is 2.52 bits per heavy atom. The standard InChI is InChI=1S/C26H21FN2O4/c1-2-31-26(30)23-14-13-21(16-28-23)32-17-22-24(15-8-18-6-4-3-5-7-18)33-29-25(22)19-9-11-20(27)12-10-19/h3-16H,2,17H2,1H3/b15-8+. The Morgan fingerprint density at radius 1 is 1.03 bits per heavy atom. The maximum absolute atomic E-state index is 13.4. The molecule has 0 radical (unpaired) electrons. The van der Waals surface area contributed by atoms with Gasteiger partial charge in [0, 0.05) is 5.56 Å². The number of hydrogen-bond donors (Lipinski definition) is 0. The number of benzene rings is 2. The topological polar surface area (TPSA) is 74.5 Å². The zero-order valence-electron chi connectivity index (χ0n) is 17.9. The molecule has 2 aromatic carbocycles. The Balaban J connectivity index is 1.59. The second-order valence-corrected chi connectivity index (χ2v) is 7.01. The van der Waals surface area contributed by atoms with Crippen LogP contribution < -0.4 is 4.74 Å². The number of esters is 1. The van der Waals surface area contributed by atoms with Crippen molar-refractivity contribution in [1.29, 1.82) is 0 Å². The molecule has 0 aliphatic rings. The smallest absolute Gasteiger partial charge is 0.356 e. The van der Waals surface area contributed by atoms with Crippen molar-refractivity contribution >= 4 is 18.1 Å². The number of carbonyl (C=O) groups excluding carboxylic acids is 1. The summed E-state index contributed by atoms with van der Waals surface area (Å²) in [6.45, 7) is 2.14. The fourth-order valence-electron chi connectivity index (χ4n) is 3.11. The van der Waals surface area contributed by atoms with Gasteiger partial charge in [0.15, 0.2) is 5.76 Å². The van der Waals surface area contributed by atoms with E-state index in [0.717, 1.165) is 5.56 Å². The summed E-state index contributed by atoms with van der Waals surface area (Å²) in [7, 11) is 0. The lowest BCUT2D eigenvalue weighted by Gasteiger charge is -2.07. The predicted molar refractivity (Wildman–Crippen MR) is 122 cm³/mol. The second-order valence-electron chi connectivity index (χ2n) is 7.01. The fraction of sp³-hybridized carbons (Fsp3) is 0.115. The molecule has 0 saturated carbocycles. The van der Waals surface area contributed by atoms with Crippen molar-refractivity contribution in [2.24, 2.45) is 0 Å². The average Bonchev–Trinajstić information content (AvgIpc) is 3.25. The minimum atomic E-state index is -0.491. The first-order valence-electron chi connectivity index (χ1n) is 10.4. The van der Waals surface area contributed by atoms with Crippen molar-refractivity contribution in [3.63, 3.8) is 0 Å². The highest BCUT2D eigenvalue weighted by atomic mass is 19.1. The van der Waals surface area contributed by atoms with Gasteiger partial charge in [0.25, 0.3) is 0 Å². The van der Waals surface area contributed by atoms with E-state index in [2.05, 4.69) is 10.1 Å². The van der Waals surface area contributed by atoms with E-state index in [1.54, 1.807) is 25.1 Å². The SMILES string of the molecule is CCOC(=O)c1ccc(OCc2c(-c3ccc(F)cc3)noc2/C=C/c2ccccc2)cn1. The summed E-state index contributed by atoms with van der Waals surface area (Å²) in [5.74, 6) is 0.161. The zero-order valence-corrected chi connectivity index (χ0v) is 17.9. The third-order valence-electron chi connectivity index (χ3n) is 4.77. The minimum absolute atomic E-state index is 0.130. The van der Waals surface area contributed by atoms with Crippen LogP contribution in [0.1, 0.15) is 34.3 Å². The molecule has 0 aliphatic heterocycles. The molecule has 2 aromatic heterocycles. The van der Waals surface area contributed by atoms with Crippen LogP contribution in [0.3, 0.4) is 0 Å². The van der Waals surface area contributed by atoms with E-state index in [4.69, 9.17) is 14.0 Å². The number of ether oxygens (including phenoxy) is 2. The first-order chi connectivity index (χ1) is 16.1. The summed E-state index contributed by atoms with van der Waals surface area (Å²) >= 11 is 0. The summed E-state index contributed by atoms with van der Waals surface area (Å²) in [6, 6.07) is 19.0. The molecule has 2 heterocycles. The van der Waals surface area contributed by atoms with Crippen LogP contribution in [-0.2, 0) is 11.3 Å². The Bertz CT molecular complexity index is 1230. The van der Waals surface area contributed by atoms with Gasteiger partial charge in [-0.1, -0.05) is 41.6 Å². The van der Waals surface area contributed by atoms with E-state index in [1.165, 1.54) is 24.4 Å². The quantitative estimate of drug-likeness (QED) is 0.320. The molecule has 0 spiro atoms. The first-order valence-corrected chi connectivity index (χ1v) is 10.4. The number of carbonyl (C=O) groups is 1. The predicted octanol–water partition coefficient (Wildman–Crippen LogP) is 5.80. The summed E-state index contributed by atoms with van der Waals surface area (Å²) in [4.78, 5) is 15.9. The van der Waals surface area contributed by atoms with Crippen LogP contribution >= 0.6 is 0 Å². The van der Waals surface area contributed by atoms with Gasteiger partial charge >= 0.3 is 5.97 Å². The van der Waals surface area contributed by atoms with E-state index in [9.17, 15) is 9.18 Å². The van der Waals surface area contributed by atoms with Crippen LogP contribution in [0, 0.1) is 5.82 Å². The van der Waals surface area contributed by atoms with Gasteiger partial charge < -0.3 is 14.0 Å². The van der Waals surface area contributed by atoms with Crippen molar-refractivity contribution in [2.75, 3.05) is 6.61 Å². The van der Waals surface area contributed by atoms with Crippen molar-refractivity contribution in [1.82, 2.24) is 10.1 Å². The third-order valence-corrected chi connectivity index (χ3v) is 4.77. The van der Waals surface area contributed by atoms with Crippen molar-refractivity contribution < 1.29 is 23.2 Å². The lowest BCUT2D eigenvalue weighted by molar-refractivity contribution is 0.0519. The van der Waals surface area contributed by atoms with Crippen molar-refractivity contribution in [3.8, 4) is 17.0 Å². The molecule has 4 rings (SSSR count). The number of rotatable bonds is 8. The number of nitrogens with zero attached hydrogens (tertiary/aromatic N) is 2. The van der Waals surface area contributed by atoms with Gasteiger partial charge in [0.2, 0.25) is 0 Å². The van der Waals surface area contributed by atoms with E-state index < -0.39 is 5.97 Å². The van der Waals surface area contributed by atoms with Gasteiger partial charge in [-0.25, -0.2) is 14.2 Å². The van der Waals surface area contributed by atoms with Gasteiger partial charge in [0.05, 0.1) is 18.4 Å². The molecule has 166 valence electrons. The molecular formula is C26H21FN2O4. The van der Waals surface area contributed by atoms with E-state index in [0.29, 0.717) is 28.3 Å². The molecule has 0 unspecified atom stereocenters.